The van der Waals surface area contributed by atoms with E-state index >= 15 is 0 Å². The van der Waals surface area contributed by atoms with Gasteiger partial charge in [-0.15, -0.1) is 0 Å². The molecular weight excluding hydrogens is 294 g/mol. The monoisotopic (exact) mass is 317 g/mol. The summed E-state index contributed by atoms with van der Waals surface area (Å²) in [5.41, 5.74) is 1.91. The number of fused-ring (bicyclic) bond motifs is 1. The van der Waals surface area contributed by atoms with Crippen molar-refractivity contribution in [2.45, 2.75) is 46.1 Å². The standard InChI is InChI=1S/C17H23N3O3/c1-11(21)20-9-5-6-12-7-8-13(10-14(12)20)18-15(22)16(23)19-17(2,3)4/h7-8,10H,5-6,9H2,1-4H3,(H,18,22)(H,19,23). The molecule has 0 aromatic heterocycles. The second-order valence-corrected chi connectivity index (χ2v) is 6.78. The highest BCUT2D eigenvalue weighted by Crippen LogP contribution is 2.30. The molecule has 1 aliphatic rings. The molecule has 1 heterocycles. The average Bonchev–Trinajstić information content (AvgIpc) is 2.44. The minimum atomic E-state index is -0.718. The molecule has 0 fully saturated rings. The minimum Gasteiger partial charge on any atom is -0.343 e. The molecule has 124 valence electrons. The Morgan fingerprint density at radius 1 is 1.13 bits per heavy atom. The van der Waals surface area contributed by atoms with Crippen molar-refractivity contribution < 1.29 is 14.4 Å². The molecular formula is C17H23N3O3. The Morgan fingerprint density at radius 2 is 1.83 bits per heavy atom. The zero-order chi connectivity index (χ0) is 17.2. The Kier molecular flexibility index (Phi) is 4.73. The Bertz CT molecular complexity index is 647. The molecule has 0 spiro atoms. The van der Waals surface area contributed by atoms with Crippen LogP contribution in [0.1, 0.15) is 39.7 Å². The predicted octanol–water partition coefficient (Wildman–Crippen LogP) is 1.84. The van der Waals surface area contributed by atoms with E-state index < -0.39 is 17.4 Å². The van der Waals surface area contributed by atoms with E-state index in [0.717, 1.165) is 24.1 Å². The lowest BCUT2D eigenvalue weighted by atomic mass is 10.0. The first-order valence-corrected chi connectivity index (χ1v) is 7.72. The van der Waals surface area contributed by atoms with Crippen molar-refractivity contribution in [1.29, 1.82) is 0 Å². The van der Waals surface area contributed by atoms with Gasteiger partial charge in [0, 0.05) is 30.4 Å². The molecule has 2 N–H and O–H groups in total. The van der Waals surface area contributed by atoms with E-state index in [1.165, 1.54) is 6.92 Å². The molecule has 0 saturated heterocycles. The number of carbonyl (C=O) groups is 3. The van der Waals surface area contributed by atoms with E-state index in [4.69, 9.17) is 0 Å². The van der Waals surface area contributed by atoms with Gasteiger partial charge in [0.2, 0.25) is 5.91 Å². The third-order valence-electron chi connectivity index (χ3n) is 3.54. The summed E-state index contributed by atoms with van der Waals surface area (Å²) < 4.78 is 0. The number of hydrogen-bond acceptors (Lipinski definition) is 3. The SMILES string of the molecule is CC(=O)N1CCCc2ccc(NC(=O)C(=O)NC(C)(C)C)cc21. The van der Waals surface area contributed by atoms with Crippen LogP contribution >= 0.6 is 0 Å². The maximum atomic E-state index is 12.0. The van der Waals surface area contributed by atoms with Crippen molar-refractivity contribution in [3.63, 3.8) is 0 Å². The van der Waals surface area contributed by atoms with Crippen molar-refractivity contribution in [2.75, 3.05) is 16.8 Å². The van der Waals surface area contributed by atoms with E-state index in [1.807, 2.05) is 26.8 Å². The smallest absolute Gasteiger partial charge is 0.313 e. The molecule has 3 amide bonds. The molecule has 1 aliphatic heterocycles. The summed E-state index contributed by atoms with van der Waals surface area (Å²) in [6.07, 6.45) is 1.82. The number of rotatable bonds is 1. The van der Waals surface area contributed by atoms with Gasteiger partial charge in [-0.3, -0.25) is 14.4 Å². The zero-order valence-electron chi connectivity index (χ0n) is 14.0. The van der Waals surface area contributed by atoms with Crippen molar-refractivity contribution in [3.05, 3.63) is 23.8 Å². The summed E-state index contributed by atoms with van der Waals surface area (Å²) in [6, 6.07) is 5.39. The van der Waals surface area contributed by atoms with Gasteiger partial charge in [-0.2, -0.15) is 0 Å². The fraction of sp³-hybridized carbons (Fsp3) is 0.471. The van der Waals surface area contributed by atoms with Crippen molar-refractivity contribution in [3.8, 4) is 0 Å². The van der Waals surface area contributed by atoms with Crippen LogP contribution in [0.4, 0.5) is 11.4 Å². The molecule has 0 aliphatic carbocycles. The average molecular weight is 317 g/mol. The fourth-order valence-electron chi connectivity index (χ4n) is 2.56. The first-order chi connectivity index (χ1) is 10.7. The lowest BCUT2D eigenvalue weighted by molar-refractivity contribution is -0.137. The van der Waals surface area contributed by atoms with E-state index in [2.05, 4.69) is 10.6 Å². The highest BCUT2D eigenvalue weighted by molar-refractivity contribution is 6.39. The van der Waals surface area contributed by atoms with Gasteiger partial charge in [-0.25, -0.2) is 0 Å². The van der Waals surface area contributed by atoms with Gasteiger partial charge in [0.15, 0.2) is 0 Å². The summed E-state index contributed by atoms with van der Waals surface area (Å²) in [5, 5.41) is 5.20. The molecule has 2 rings (SSSR count). The normalized spacial score (nSPS) is 14.0. The van der Waals surface area contributed by atoms with E-state index in [-0.39, 0.29) is 5.91 Å². The lowest BCUT2D eigenvalue weighted by Gasteiger charge is -2.29. The van der Waals surface area contributed by atoms with E-state index in [9.17, 15) is 14.4 Å². The van der Waals surface area contributed by atoms with Crippen molar-refractivity contribution in [2.24, 2.45) is 0 Å². The van der Waals surface area contributed by atoms with Crippen LogP contribution in [0.2, 0.25) is 0 Å². The van der Waals surface area contributed by atoms with E-state index in [0.29, 0.717) is 12.2 Å². The van der Waals surface area contributed by atoms with E-state index in [1.54, 1.807) is 17.0 Å². The predicted molar refractivity (Wildman–Crippen MR) is 89.3 cm³/mol. The van der Waals surface area contributed by atoms with Gasteiger partial charge in [0.25, 0.3) is 0 Å². The molecule has 0 saturated carbocycles. The van der Waals surface area contributed by atoms with Gasteiger partial charge in [0.1, 0.15) is 0 Å². The summed E-state index contributed by atoms with van der Waals surface area (Å²) >= 11 is 0. The Morgan fingerprint density at radius 3 is 2.43 bits per heavy atom. The number of nitrogens with zero attached hydrogens (tertiary/aromatic N) is 1. The summed E-state index contributed by atoms with van der Waals surface area (Å²) in [6.45, 7) is 7.62. The van der Waals surface area contributed by atoms with Crippen molar-refractivity contribution in [1.82, 2.24) is 5.32 Å². The first-order valence-electron chi connectivity index (χ1n) is 7.72. The van der Waals surface area contributed by atoms with Crippen LogP contribution in [0.5, 0.6) is 0 Å². The maximum Gasteiger partial charge on any atom is 0.313 e. The molecule has 1 aromatic carbocycles. The van der Waals surface area contributed by atoms with Gasteiger partial charge in [-0.1, -0.05) is 6.07 Å². The quantitative estimate of drug-likeness (QED) is 0.776. The van der Waals surface area contributed by atoms with Crippen LogP contribution in [-0.2, 0) is 20.8 Å². The first kappa shape index (κ1) is 17.0. The number of amides is 3. The topological polar surface area (TPSA) is 78.5 Å². The number of carbonyl (C=O) groups excluding carboxylic acids is 3. The van der Waals surface area contributed by atoms with Crippen LogP contribution in [-0.4, -0.2) is 29.8 Å². The minimum absolute atomic E-state index is 0.0279. The number of nitrogens with one attached hydrogen (secondary N) is 2. The molecule has 6 heteroatoms. The van der Waals surface area contributed by atoms with Crippen LogP contribution < -0.4 is 15.5 Å². The van der Waals surface area contributed by atoms with Crippen LogP contribution in [0.25, 0.3) is 0 Å². The summed E-state index contributed by atoms with van der Waals surface area (Å²) in [5.74, 6) is -1.43. The number of anilines is 2. The Hall–Kier alpha value is -2.37. The zero-order valence-corrected chi connectivity index (χ0v) is 14.0. The molecule has 1 aromatic rings. The molecule has 0 radical (unpaired) electrons. The van der Waals surface area contributed by atoms with Crippen LogP contribution in [0.15, 0.2) is 18.2 Å². The highest BCUT2D eigenvalue weighted by Gasteiger charge is 2.23. The second-order valence-electron chi connectivity index (χ2n) is 6.78. The maximum absolute atomic E-state index is 12.0. The largest absolute Gasteiger partial charge is 0.343 e. The fourth-order valence-corrected chi connectivity index (χ4v) is 2.56. The third kappa shape index (κ3) is 4.31. The Labute approximate surface area is 136 Å². The number of benzene rings is 1. The molecule has 6 nitrogen and oxygen atoms in total. The molecule has 0 unspecified atom stereocenters. The van der Waals surface area contributed by atoms with Crippen molar-refractivity contribution >= 4 is 29.1 Å². The third-order valence-corrected chi connectivity index (χ3v) is 3.54. The molecule has 0 bridgehead atoms. The van der Waals surface area contributed by atoms with Crippen LogP contribution in [0, 0.1) is 0 Å². The summed E-state index contributed by atoms with van der Waals surface area (Å²) in [7, 11) is 0. The summed E-state index contributed by atoms with van der Waals surface area (Å²) in [4.78, 5) is 37.2. The highest BCUT2D eigenvalue weighted by atomic mass is 16.2. The second kappa shape index (κ2) is 6.40. The molecule has 23 heavy (non-hydrogen) atoms. The lowest BCUT2D eigenvalue weighted by Crippen LogP contribution is -2.46. The van der Waals surface area contributed by atoms with Gasteiger partial charge >= 0.3 is 11.8 Å². The van der Waals surface area contributed by atoms with Gasteiger partial charge in [0.05, 0.1) is 0 Å². The van der Waals surface area contributed by atoms with Crippen LogP contribution in [0.3, 0.4) is 0 Å². The number of aryl methyl sites for hydroxylation is 1. The molecule has 0 atom stereocenters. The van der Waals surface area contributed by atoms with Gasteiger partial charge < -0.3 is 15.5 Å². The number of hydrogen-bond donors (Lipinski definition) is 2. The Balaban J connectivity index is 2.16. The van der Waals surface area contributed by atoms with Gasteiger partial charge in [-0.05, 0) is 51.3 Å².